The average Bonchev–Trinajstić information content (AvgIpc) is 3.14. The SMILES string of the molecule is C=C[C@H](C)C(=O)N(CCc1ccc(O)cc1)C/C(C)=C/[C@H](C)C(=O)N(CCc1ccc(O)cc1)C/C(C)=C/[C@H](C)C(=O)N(C)Cc1ccc(C(F)(F)F)cc1. The van der Waals surface area contributed by atoms with Gasteiger partial charge in [-0.25, -0.2) is 0 Å². The quantitative estimate of drug-likeness (QED) is 0.127. The Kier molecular flexibility index (Phi) is 16.3. The summed E-state index contributed by atoms with van der Waals surface area (Å²) in [4.78, 5) is 45.6. The van der Waals surface area contributed by atoms with Gasteiger partial charge in [0.2, 0.25) is 17.7 Å². The van der Waals surface area contributed by atoms with Crippen LogP contribution < -0.4 is 0 Å². The Bertz CT molecular complexity index is 1800. The molecule has 3 rings (SSSR count). The summed E-state index contributed by atoms with van der Waals surface area (Å²) in [6.45, 7) is 14.4. The van der Waals surface area contributed by atoms with Crippen LogP contribution >= 0.6 is 0 Å². The highest BCUT2D eigenvalue weighted by molar-refractivity contribution is 5.82. The van der Waals surface area contributed by atoms with E-state index in [1.165, 1.54) is 17.0 Å². The fourth-order valence-electron chi connectivity index (χ4n) is 6.27. The van der Waals surface area contributed by atoms with E-state index in [0.717, 1.165) is 34.4 Å². The molecule has 11 heteroatoms. The van der Waals surface area contributed by atoms with Crippen LogP contribution in [0.2, 0.25) is 0 Å². The first kappa shape index (κ1) is 44.1. The van der Waals surface area contributed by atoms with Gasteiger partial charge >= 0.3 is 6.18 Å². The van der Waals surface area contributed by atoms with Gasteiger partial charge in [0.05, 0.1) is 23.3 Å². The normalized spacial score (nSPS) is 13.8. The van der Waals surface area contributed by atoms with Crippen LogP contribution in [0.15, 0.2) is 109 Å². The van der Waals surface area contributed by atoms with Crippen LogP contribution in [0, 0.1) is 17.8 Å². The van der Waals surface area contributed by atoms with Gasteiger partial charge in [-0.1, -0.05) is 86.5 Å². The molecule has 0 spiro atoms. The number of aromatic hydroxyl groups is 2. The van der Waals surface area contributed by atoms with Crippen molar-refractivity contribution in [2.24, 2.45) is 17.8 Å². The number of alkyl halides is 3. The molecule has 8 nitrogen and oxygen atoms in total. The van der Waals surface area contributed by atoms with E-state index in [1.54, 1.807) is 79.2 Å². The lowest BCUT2D eigenvalue weighted by Crippen LogP contribution is -2.39. The van der Waals surface area contributed by atoms with Gasteiger partial charge in [-0.15, -0.1) is 6.58 Å². The largest absolute Gasteiger partial charge is 0.508 e. The van der Waals surface area contributed by atoms with E-state index in [0.29, 0.717) is 38.0 Å². The van der Waals surface area contributed by atoms with Gasteiger partial charge in [-0.2, -0.15) is 13.2 Å². The second kappa shape index (κ2) is 20.4. The highest BCUT2D eigenvalue weighted by Gasteiger charge is 2.30. The van der Waals surface area contributed by atoms with Crippen LogP contribution in [0.25, 0.3) is 0 Å². The molecule has 0 radical (unpaired) electrons. The van der Waals surface area contributed by atoms with E-state index in [1.807, 2.05) is 39.0 Å². The van der Waals surface area contributed by atoms with Crippen LogP contribution in [-0.2, 0) is 39.9 Å². The molecule has 0 aliphatic heterocycles. The van der Waals surface area contributed by atoms with Crippen molar-refractivity contribution in [2.75, 3.05) is 33.2 Å². The van der Waals surface area contributed by atoms with E-state index in [-0.39, 0.29) is 42.3 Å². The van der Waals surface area contributed by atoms with Crippen LogP contribution in [0.1, 0.15) is 56.9 Å². The third-order valence-corrected chi connectivity index (χ3v) is 9.39. The molecule has 3 aromatic carbocycles. The Morgan fingerprint density at radius 3 is 1.44 bits per heavy atom. The smallest absolute Gasteiger partial charge is 0.416 e. The Balaban J connectivity index is 1.75. The van der Waals surface area contributed by atoms with Crippen molar-refractivity contribution in [2.45, 2.75) is 60.2 Å². The number of phenolic OH excluding ortho intramolecular Hbond substituents is 2. The summed E-state index contributed by atoms with van der Waals surface area (Å²) in [5.41, 5.74) is 3.36. The van der Waals surface area contributed by atoms with Gasteiger partial charge in [0.1, 0.15) is 11.5 Å². The van der Waals surface area contributed by atoms with Gasteiger partial charge in [-0.3, -0.25) is 14.4 Å². The van der Waals surface area contributed by atoms with Crippen molar-refractivity contribution in [3.05, 3.63) is 131 Å². The minimum atomic E-state index is -4.44. The summed E-state index contributed by atoms with van der Waals surface area (Å²) in [7, 11) is 1.60. The van der Waals surface area contributed by atoms with Gasteiger partial charge in [0, 0.05) is 39.8 Å². The molecule has 0 aliphatic carbocycles. The van der Waals surface area contributed by atoms with E-state index in [9.17, 15) is 37.8 Å². The zero-order valence-electron chi connectivity index (χ0n) is 32.6. The lowest BCUT2D eigenvalue weighted by atomic mass is 10.0. The topological polar surface area (TPSA) is 101 Å². The molecule has 0 heterocycles. The molecule has 3 aromatic rings. The molecule has 0 bridgehead atoms. The predicted octanol–water partition coefficient (Wildman–Crippen LogP) is 8.20. The van der Waals surface area contributed by atoms with Crippen molar-refractivity contribution in [3.8, 4) is 11.5 Å². The number of nitrogens with zero attached hydrogens (tertiary/aromatic N) is 3. The second-order valence-electron chi connectivity index (χ2n) is 14.4. The van der Waals surface area contributed by atoms with Crippen LogP contribution in [0.5, 0.6) is 11.5 Å². The fraction of sp³-hybridized carbons (Fsp3) is 0.386. The van der Waals surface area contributed by atoms with Gasteiger partial charge in [-0.05, 0) is 79.8 Å². The third kappa shape index (κ3) is 14.1. The van der Waals surface area contributed by atoms with Crippen molar-refractivity contribution in [3.63, 3.8) is 0 Å². The molecular formula is C44H54F3N3O5. The number of halogens is 3. The fourth-order valence-corrected chi connectivity index (χ4v) is 6.27. The maximum absolute atomic E-state index is 14.1. The molecule has 2 N–H and O–H groups in total. The lowest BCUT2D eigenvalue weighted by molar-refractivity contribution is -0.138. The van der Waals surface area contributed by atoms with Gasteiger partial charge in [0.25, 0.3) is 0 Å². The molecule has 3 atom stereocenters. The average molecular weight is 762 g/mol. The van der Waals surface area contributed by atoms with Gasteiger partial charge < -0.3 is 24.9 Å². The third-order valence-electron chi connectivity index (χ3n) is 9.39. The molecule has 0 fully saturated rings. The maximum Gasteiger partial charge on any atom is 0.416 e. The number of amides is 3. The number of hydrogen-bond acceptors (Lipinski definition) is 5. The number of carbonyl (C=O) groups is 3. The summed E-state index contributed by atoms with van der Waals surface area (Å²) < 4.78 is 39.0. The summed E-state index contributed by atoms with van der Waals surface area (Å²) >= 11 is 0. The zero-order valence-corrected chi connectivity index (χ0v) is 32.6. The first-order valence-corrected chi connectivity index (χ1v) is 18.4. The van der Waals surface area contributed by atoms with Crippen molar-refractivity contribution >= 4 is 17.7 Å². The number of benzene rings is 3. The van der Waals surface area contributed by atoms with E-state index in [4.69, 9.17) is 0 Å². The number of phenols is 2. The molecule has 3 amide bonds. The summed E-state index contributed by atoms with van der Waals surface area (Å²) in [6.07, 6.45) is 1.95. The van der Waals surface area contributed by atoms with Crippen LogP contribution in [0.4, 0.5) is 13.2 Å². The van der Waals surface area contributed by atoms with Gasteiger partial charge in [0.15, 0.2) is 0 Å². The molecule has 296 valence electrons. The standard InChI is InChI=1S/C44H54F3N3O5/c1-8-32(4)42(54)49(23-21-35-11-17-39(51)18-12-35)27-31(3)26-34(6)43(55)50(24-22-36-13-19-40(52)20-14-36)28-30(2)25-33(5)41(53)48(7)29-37-9-15-38(16-10-37)44(45,46)47/h8-20,25-26,32-34,51-52H,1,21-24,27-29H2,2-7H3/b30-25+,31-26+/t32-,33-,34-/m0/s1. The Labute approximate surface area is 323 Å². The molecule has 0 aliphatic rings. The predicted molar refractivity (Wildman–Crippen MR) is 210 cm³/mol. The summed E-state index contributed by atoms with van der Waals surface area (Å²) in [5, 5.41) is 19.4. The molecule has 0 unspecified atom stereocenters. The minimum absolute atomic E-state index is 0.0783. The first-order valence-electron chi connectivity index (χ1n) is 18.4. The van der Waals surface area contributed by atoms with Crippen LogP contribution in [0.3, 0.4) is 0 Å². The monoisotopic (exact) mass is 761 g/mol. The summed E-state index contributed by atoms with van der Waals surface area (Å²) in [6, 6.07) is 18.4. The van der Waals surface area contributed by atoms with Crippen molar-refractivity contribution in [1.82, 2.24) is 14.7 Å². The van der Waals surface area contributed by atoms with Crippen molar-refractivity contribution < 1.29 is 37.8 Å². The first-order chi connectivity index (χ1) is 25.9. The summed E-state index contributed by atoms with van der Waals surface area (Å²) in [5.74, 6) is -1.61. The molecule has 0 aromatic heterocycles. The van der Waals surface area contributed by atoms with E-state index < -0.39 is 29.5 Å². The minimum Gasteiger partial charge on any atom is -0.508 e. The number of rotatable bonds is 18. The van der Waals surface area contributed by atoms with Crippen molar-refractivity contribution in [1.29, 1.82) is 0 Å². The van der Waals surface area contributed by atoms with E-state index in [2.05, 4.69) is 6.58 Å². The molecular weight excluding hydrogens is 707 g/mol. The second-order valence-corrected chi connectivity index (χ2v) is 14.4. The zero-order chi connectivity index (χ0) is 40.9. The van der Waals surface area contributed by atoms with E-state index >= 15 is 0 Å². The van der Waals surface area contributed by atoms with Crippen LogP contribution in [-0.4, -0.2) is 75.9 Å². The molecule has 0 saturated carbocycles. The highest BCUT2D eigenvalue weighted by atomic mass is 19.4. The Morgan fingerprint density at radius 2 is 1.04 bits per heavy atom. The Morgan fingerprint density at radius 1 is 0.655 bits per heavy atom. The molecule has 55 heavy (non-hydrogen) atoms. The number of hydrogen-bond donors (Lipinski definition) is 2. The number of carbonyl (C=O) groups excluding carboxylic acids is 3. The lowest BCUT2D eigenvalue weighted by Gasteiger charge is -2.28. The molecule has 0 saturated heterocycles. The highest BCUT2D eigenvalue weighted by Crippen LogP contribution is 2.29. The Hall–Kier alpha value is -5.32. The maximum atomic E-state index is 14.1.